The zero-order chi connectivity index (χ0) is 20.5. The molecule has 8 nitrogen and oxygen atoms in total. The van der Waals surface area contributed by atoms with Crippen molar-refractivity contribution in [1.29, 1.82) is 0 Å². The lowest BCUT2D eigenvalue weighted by Gasteiger charge is -2.23. The number of carbonyl (C=O) groups is 1. The highest BCUT2D eigenvalue weighted by molar-refractivity contribution is 6.04. The highest BCUT2D eigenvalue weighted by Gasteiger charge is 2.22. The average Bonchev–Trinajstić information content (AvgIpc) is 3.19. The zero-order valence-corrected chi connectivity index (χ0v) is 16.3. The first-order valence-electron chi connectivity index (χ1n) is 9.52. The molecular weight excluding hydrogens is 380 g/mol. The Morgan fingerprint density at radius 3 is 2.86 bits per heavy atom. The van der Waals surface area contributed by atoms with E-state index in [1.54, 1.807) is 16.6 Å². The van der Waals surface area contributed by atoms with Gasteiger partial charge in [0.15, 0.2) is 5.69 Å². The number of hydrogen-bond acceptors (Lipinski definition) is 5. The molecule has 0 spiro atoms. The van der Waals surface area contributed by atoms with E-state index in [9.17, 15) is 13.6 Å². The Hall–Kier alpha value is -3.01. The van der Waals surface area contributed by atoms with E-state index < -0.39 is 18.0 Å². The number of amides is 1. The number of aromatic nitrogens is 4. The first-order chi connectivity index (χ1) is 13.9. The van der Waals surface area contributed by atoms with Crippen LogP contribution in [-0.4, -0.2) is 51.0 Å². The first kappa shape index (κ1) is 19.3. The Morgan fingerprint density at radius 1 is 1.28 bits per heavy atom. The standard InChI is InChI=1S/C19H23F2N7O/c1-12-10-27(9-3-8-22-12)16-7-5-13-4-6-15(28(13)24-16)19(29)23-14-11-26(2)25-17(14)18(20)21/h4-7,11-12,18,22H,3,8-10H2,1-2H3,(H,23,29)/t12-/m0/s1. The van der Waals surface area contributed by atoms with Gasteiger partial charge in [-0.05, 0) is 44.2 Å². The van der Waals surface area contributed by atoms with Gasteiger partial charge in [-0.3, -0.25) is 9.48 Å². The summed E-state index contributed by atoms with van der Waals surface area (Å²) in [5, 5.41) is 14.3. The molecule has 1 fully saturated rings. The number of hydrogen-bond donors (Lipinski definition) is 2. The van der Waals surface area contributed by atoms with Crippen molar-refractivity contribution >= 4 is 22.9 Å². The quantitative estimate of drug-likeness (QED) is 0.700. The molecule has 0 radical (unpaired) electrons. The Bertz CT molecular complexity index is 1030. The van der Waals surface area contributed by atoms with Crippen LogP contribution in [0.25, 0.3) is 5.52 Å². The predicted octanol–water partition coefficient (Wildman–Crippen LogP) is 2.45. The van der Waals surface area contributed by atoms with Crippen LogP contribution in [0.4, 0.5) is 20.3 Å². The number of anilines is 2. The van der Waals surface area contributed by atoms with E-state index >= 15 is 0 Å². The summed E-state index contributed by atoms with van der Waals surface area (Å²) < 4.78 is 29.1. The van der Waals surface area contributed by atoms with Gasteiger partial charge in [0.05, 0.1) is 11.2 Å². The van der Waals surface area contributed by atoms with Gasteiger partial charge in [0.2, 0.25) is 0 Å². The van der Waals surface area contributed by atoms with E-state index in [2.05, 4.69) is 32.7 Å². The molecule has 3 aromatic heterocycles. The Kier molecular flexibility index (Phi) is 5.18. The Labute approximate surface area is 166 Å². The SMILES string of the molecule is C[C@H]1CN(c2ccc3ccc(C(=O)Nc4cn(C)nc4C(F)F)n3n2)CCCN1. The van der Waals surface area contributed by atoms with Crippen LogP contribution in [0.1, 0.15) is 36.0 Å². The maximum absolute atomic E-state index is 13.2. The number of alkyl halides is 2. The van der Waals surface area contributed by atoms with Gasteiger partial charge in [-0.15, -0.1) is 5.10 Å². The molecule has 1 amide bonds. The molecule has 0 unspecified atom stereocenters. The smallest absolute Gasteiger partial charge is 0.284 e. The topological polar surface area (TPSA) is 79.5 Å². The minimum Gasteiger partial charge on any atom is -0.354 e. The van der Waals surface area contributed by atoms with Gasteiger partial charge in [0.1, 0.15) is 11.5 Å². The molecule has 3 aromatic rings. The molecule has 4 rings (SSSR count). The summed E-state index contributed by atoms with van der Waals surface area (Å²) in [6, 6.07) is 7.57. The molecule has 2 N–H and O–H groups in total. The molecule has 0 bridgehead atoms. The maximum atomic E-state index is 13.2. The van der Waals surface area contributed by atoms with Crippen molar-refractivity contribution < 1.29 is 13.6 Å². The van der Waals surface area contributed by atoms with Crippen molar-refractivity contribution in [3.63, 3.8) is 0 Å². The van der Waals surface area contributed by atoms with E-state index in [4.69, 9.17) is 0 Å². The number of fused-ring (bicyclic) bond motifs is 1. The van der Waals surface area contributed by atoms with Crippen LogP contribution in [0, 0.1) is 0 Å². The van der Waals surface area contributed by atoms with Crippen LogP contribution in [0.15, 0.2) is 30.5 Å². The van der Waals surface area contributed by atoms with Crippen molar-refractivity contribution in [2.45, 2.75) is 25.8 Å². The first-order valence-corrected chi connectivity index (χ1v) is 9.52. The van der Waals surface area contributed by atoms with Crippen molar-refractivity contribution in [1.82, 2.24) is 24.7 Å². The second kappa shape index (κ2) is 7.78. The third-order valence-corrected chi connectivity index (χ3v) is 4.95. The molecular formula is C19H23F2N7O. The number of halogens is 2. The molecule has 29 heavy (non-hydrogen) atoms. The summed E-state index contributed by atoms with van der Waals surface area (Å²) in [4.78, 5) is 15.0. The predicted molar refractivity (Wildman–Crippen MR) is 106 cm³/mol. The number of rotatable bonds is 4. The van der Waals surface area contributed by atoms with Gasteiger partial charge >= 0.3 is 0 Å². The summed E-state index contributed by atoms with van der Waals surface area (Å²) >= 11 is 0. The molecule has 0 saturated carbocycles. The van der Waals surface area contributed by atoms with E-state index in [-0.39, 0.29) is 11.4 Å². The monoisotopic (exact) mass is 403 g/mol. The number of carbonyl (C=O) groups excluding carboxylic acids is 1. The average molecular weight is 403 g/mol. The van der Waals surface area contributed by atoms with Crippen LogP contribution in [-0.2, 0) is 7.05 Å². The summed E-state index contributed by atoms with van der Waals surface area (Å²) in [6.07, 6.45) is -0.418. The summed E-state index contributed by atoms with van der Waals surface area (Å²) in [7, 11) is 1.53. The van der Waals surface area contributed by atoms with Crippen molar-refractivity contribution in [3.8, 4) is 0 Å². The van der Waals surface area contributed by atoms with Gasteiger partial charge in [-0.1, -0.05) is 0 Å². The van der Waals surface area contributed by atoms with Crippen molar-refractivity contribution in [2.75, 3.05) is 29.9 Å². The van der Waals surface area contributed by atoms with Crippen molar-refractivity contribution in [3.05, 3.63) is 41.9 Å². The van der Waals surface area contributed by atoms with Gasteiger partial charge < -0.3 is 15.5 Å². The van der Waals surface area contributed by atoms with Crippen molar-refractivity contribution in [2.24, 2.45) is 7.05 Å². The minimum absolute atomic E-state index is 0.00831. The molecule has 10 heteroatoms. The summed E-state index contributed by atoms with van der Waals surface area (Å²) in [5.74, 6) is 0.253. The third kappa shape index (κ3) is 3.93. The molecule has 1 saturated heterocycles. The minimum atomic E-state index is -2.78. The van der Waals surface area contributed by atoms with Gasteiger partial charge in [-0.2, -0.15) is 5.10 Å². The number of nitrogens with one attached hydrogen (secondary N) is 2. The summed E-state index contributed by atoms with van der Waals surface area (Å²) in [5.41, 5.74) is 0.555. The molecule has 4 heterocycles. The fraction of sp³-hybridized carbons (Fsp3) is 0.421. The molecule has 0 aromatic carbocycles. The van der Waals surface area contributed by atoms with E-state index in [1.807, 2.05) is 12.1 Å². The fourth-order valence-electron chi connectivity index (χ4n) is 3.58. The lowest BCUT2D eigenvalue weighted by Crippen LogP contribution is -2.35. The van der Waals surface area contributed by atoms with Gasteiger partial charge in [0, 0.05) is 32.4 Å². The summed E-state index contributed by atoms with van der Waals surface area (Å²) in [6.45, 7) is 4.76. The normalized spacial score (nSPS) is 17.7. The highest BCUT2D eigenvalue weighted by Crippen LogP contribution is 2.26. The molecule has 1 aliphatic heterocycles. The second-order valence-corrected chi connectivity index (χ2v) is 7.26. The largest absolute Gasteiger partial charge is 0.354 e. The molecule has 1 aliphatic rings. The molecule has 1 atom stereocenters. The fourth-order valence-corrected chi connectivity index (χ4v) is 3.58. The zero-order valence-electron chi connectivity index (χ0n) is 16.3. The van der Waals surface area contributed by atoms with Gasteiger partial charge in [-0.25, -0.2) is 13.3 Å². The van der Waals surface area contributed by atoms with Crippen LogP contribution in [0.2, 0.25) is 0 Å². The lowest BCUT2D eigenvalue weighted by molar-refractivity contribution is 0.101. The number of aryl methyl sites for hydroxylation is 1. The molecule has 154 valence electrons. The highest BCUT2D eigenvalue weighted by atomic mass is 19.3. The lowest BCUT2D eigenvalue weighted by atomic mass is 10.3. The van der Waals surface area contributed by atoms with Gasteiger partial charge in [0.25, 0.3) is 12.3 Å². The Balaban J connectivity index is 1.63. The molecule has 0 aliphatic carbocycles. The Morgan fingerprint density at radius 2 is 2.07 bits per heavy atom. The number of nitrogens with zero attached hydrogens (tertiary/aromatic N) is 5. The van der Waals surface area contributed by atoms with Crippen LogP contribution in [0.3, 0.4) is 0 Å². The van der Waals surface area contributed by atoms with Crippen LogP contribution >= 0.6 is 0 Å². The van der Waals surface area contributed by atoms with E-state index in [0.717, 1.165) is 37.4 Å². The van der Waals surface area contributed by atoms with E-state index in [0.29, 0.717) is 6.04 Å². The van der Waals surface area contributed by atoms with Crippen LogP contribution < -0.4 is 15.5 Å². The second-order valence-electron chi connectivity index (χ2n) is 7.26. The third-order valence-electron chi connectivity index (χ3n) is 4.95. The maximum Gasteiger partial charge on any atom is 0.284 e. The van der Waals surface area contributed by atoms with E-state index in [1.165, 1.54) is 17.9 Å². The van der Waals surface area contributed by atoms with Crippen LogP contribution in [0.5, 0.6) is 0 Å².